The SMILES string of the molecule is NCc1cc2c(cc1OCc1ccccc1Br)OCO2. The van der Waals surface area contributed by atoms with Crippen molar-refractivity contribution in [1.29, 1.82) is 0 Å². The van der Waals surface area contributed by atoms with E-state index in [1.165, 1.54) is 0 Å². The number of fused-ring (bicyclic) bond motifs is 1. The van der Waals surface area contributed by atoms with Gasteiger partial charge in [0.15, 0.2) is 11.5 Å². The Morgan fingerprint density at radius 2 is 1.85 bits per heavy atom. The second-order valence-corrected chi connectivity index (χ2v) is 5.25. The fraction of sp³-hybridized carbons (Fsp3) is 0.200. The average molecular weight is 336 g/mol. The summed E-state index contributed by atoms with van der Waals surface area (Å²) < 4.78 is 17.6. The first-order chi connectivity index (χ1) is 9.78. The first kappa shape index (κ1) is 13.3. The van der Waals surface area contributed by atoms with Gasteiger partial charge in [-0.15, -0.1) is 0 Å². The molecule has 1 aliphatic heterocycles. The molecule has 1 aliphatic rings. The summed E-state index contributed by atoms with van der Waals surface area (Å²) in [6, 6.07) is 11.7. The molecular formula is C15H14BrNO3. The van der Waals surface area contributed by atoms with Gasteiger partial charge in [-0.25, -0.2) is 0 Å². The summed E-state index contributed by atoms with van der Waals surface area (Å²) in [5.41, 5.74) is 7.74. The minimum Gasteiger partial charge on any atom is -0.488 e. The number of ether oxygens (including phenoxy) is 3. The normalized spacial score (nSPS) is 12.5. The summed E-state index contributed by atoms with van der Waals surface area (Å²) in [4.78, 5) is 0. The van der Waals surface area contributed by atoms with Gasteiger partial charge in [0.25, 0.3) is 0 Å². The van der Waals surface area contributed by atoms with Gasteiger partial charge in [-0.2, -0.15) is 0 Å². The Balaban J connectivity index is 1.82. The molecule has 5 heteroatoms. The van der Waals surface area contributed by atoms with E-state index in [-0.39, 0.29) is 6.79 Å². The summed E-state index contributed by atoms with van der Waals surface area (Å²) in [7, 11) is 0. The molecule has 2 aromatic carbocycles. The number of nitrogens with two attached hydrogens (primary N) is 1. The molecule has 0 amide bonds. The monoisotopic (exact) mass is 335 g/mol. The Morgan fingerprint density at radius 1 is 1.10 bits per heavy atom. The van der Waals surface area contributed by atoms with Gasteiger partial charge in [0.2, 0.25) is 6.79 Å². The molecule has 0 spiro atoms. The summed E-state index contributed by atoms with van der Waals surface area (Å²) in [6.07, 6.45) is 0. The standard InChI is InChI=1S/C15H14BrNO3/c16-12-4-2-1-3-10(12)8-18-13-6-15-14(19-9-20-15)5-11(13)7-17/h1-6H,7-9,17H2. The zero-order chi connectivity index (χ0) is 13.9. The van der Waals surface area contributed by atoms with Gasteiger partial charge in [-0.1, -0.05) is 34.1 Å². The quantitative estimate of drug-likeness (QED) is 0.932. The van der Waals surface area contributed by atoms with Crippen LogP contribution >= 0.6 is 15.9 Å². The predicted octanol–water partition coefficient (Wildman–Crippen LogP) is 3.22. The maximum absolute atomic E-state index is 5.87. The first-order valence-electron chi connectivity index (χ1n) is 6.26. The van der Waals surface area contributed by atoms with Crippen LogP contribution in [0.5, 0.6) is 17.2 Å². The van der Waals surface area contributed by atoms with Crippen LogP contribution in [0.4, 0.5) is 0 Å². The third kappa shape index (κ3) is 2.59. The molecule has 0 aromatic heterocycles. The molecule has 3 rings (SSSR count). The summed E-state index contributed by atoms with van der Waals surface area (Å²) in [5, 5.41) is 0. The van der Waals surface area contributed by atoms with Crippen LogP contribution < -0.4 is 19.9 Å². The van der Waals surface area contributed by atoms with Crippen LogP contribution in [0.15, 0.2) is 40.9 Å². The minimum absolute atomic E-state index is 0.243. The zero-order valence-corrected chi connectivity index (χ0v) is 12.4. The van der Waals surface area contributed by atoms with E-state index in [1.807, 2.05) is 36.4 Å². The van der Waals surface area contributed by atoms with E-state index in [4.69, 9.17) is 19.9 Å². The van der Waals surface area contributed by atoms with Crippen LogP contribution in [0.25, 0.3) is 0 Å². The van der Waals surface area contributed by atoms with Crippen molar-refractivity contribution in [3.63, 3.8) is 0 Å². The van der Waals surface area contributed by atoms with Crippen molar-refractivity contribution < 1.29 is 14.2 Å². The largest absolute Gasteiger partial charge is 0.488 e. The molecule has 2 N–H and O–H groups in total. The number of rotatable bonds is 4. The van der Waals surface area contributed by atoms with Crippen LogP contribution in [0.3, 0.4) is 0 Å². The highest BCUT2D eigenvalue weighted by Crippen LogP contribution is 2.38. The Bertz CT molecular complexity index is 631. The Hall–Kier alpha value is -1.72. The summed E-state index contributed by atoms with van der Waals surface area (Å²) in [5.74, 6) is 2.15. The lowest BCUT2D eigenvalue weighted by atomic mass is 10.1. The van der Waals surface area contributed by atoms with Crippen LogP contribution in [0.2, 0.25) is 0 Å². The number of hydrogen-bond acceptors (Lipinski definition) is 4. The lowest BCUT2D eigenvalue weighted by Crippen LogP contribution is -2.03. The van der Waals surface area contributed by atoms with Crippen molar-refractivity contribution >= 4 is 15.9 Å². The van der Waals surface area contributed by atoms with Gasteiger partial charge >= 0.3 is 0 Å². The third-order valence-corrected chi connectivity index (χ3v) is 3.89. The van der Waals surface area contributed by atoms with Gasteiger partial charge in [0.05, 0.1) is 0 Å². The zero-order valence-electron chi connectivity index (χ0n) is 10.8. The smallest absolute Gasteiger partial charge is 0.231 e. The highest BCUT2D eigenvalue weighted by Gasteiger charge is 2.17. The molecule has 1 heterocycles. The first-order valence-corrected chi connectivity index (χ1v) is 7.06. The number of hydrogen-bond donors (Lipinski definition) is 1. The van der Waals surface area contributed by atoms with Crippen molar-refractivity contribution in [3.05, 3.63) is 52.0 Å². The topological polar surface area (TPSA) is 53.7 Å². The molecule has 20 heavy (non-hydrogen) atoms. The van der Waals surface area contributed by atoms with Gasteiger partial charge < -0.3 is 19.9 Å². The van der Waals surface area contributed by atoms with E-state index in [1.54, 1.807) is 0 Å². The lowest BCUT2D eigenvalue weighted by Gasteiger charge is -2.12. The second-order valence-electron chi connectivity index (χ2n) is 4.40. The van der Waals surface area contributed by atoms with Gasteiger partial charge in [-0.05, 0) is 12.1 Å². The maximum atomic E-state index is 5.87. The van der Waals surface area contributed by atoms with Crippen LogP contribution in [0, 0.1) is 0 Å². The van der Waals surface area contributed by atoms with E-state index in [9.17, 15) is 0 Å². The van der Waals surface area contributed by atoms with Crippen molar-refractivity contribution in [2.45, 2.75) is 13.2 Å². The van der Waals surface area contributed by atoms with Gasteiger partial charge in [0, 0.05) is 28.2 Å². The molecule has 0 radical (unpaired) electrons. The maximum Gasteiger partial charge on any atom is 0.231 e. The fourth-order valence-electron chi connectivity index (χ4n) is 2.03. The molecule has 0 bridgehead atoms. The number of benzene rings is 2. The molecule has 0 saturated carbocycles. The van der Waals surface area contributed by atoms with E-state index in [0.29, 0.717) is 18.9 Å². The van der Waals surface area contributed by atoms with E-state index < -0.39 is 0 Å². The summed E-state index contributed by atoms with van der Waals surface area (Å²) >= 11 is 3.51. The Labute approximate surface area is 125 Å². The third-order valence-electron chi connectivity index (χ3n) is 3.12. The number of halogens is 1. The molecule has 2 aromatic rings. The van der Waals surface area contributed by atoms with Gasteiger partial charge in [0.1, 0.15) is 12.4 Å². The Morgan fingerprint density at radius 3 is 2.60 bits per heavy atom. The molecule has 0 saturated heterocycles. The predicted molar refractivity (Wildman–Crippen MR) is 78.9 cm³/mol. The fourth-order valence-corrected chi connectivity index (χ4v) is 2.43. The van der Waals surface area contributed by atoms with E-state index >= 15 is 0 Å². The van der Waals surface area contributed by atoms with Crippen molar-refractivity contribution in [2.75, 3.05) is 6.79 Å². The van der Waals surface area contributed by atoms with E-state index in [2.05, 4.69) is 15.9 Å². The average Bonchev–Trinajstić information content (AvgIpc) is 2.92. The molecule has 0 unspecified atom stereocenters. The van der Waals surface area contributed by atoms with Gasteiger partial charge in [-0.3, -0.25) is 0 Å². The highest BCUT2D eigenvalue weighted by atomic mass is 79.9. The molecular weight excluding hydrogens is 322 g/mol. The second kappa shape index (κ2) is 5.73. The molecule has 4 nitrogen and oxygen atoms in total. The van der Waals surface area contributed by atoms with Crippen LogP contribution in [-0.4, -0.2) is 6.79 Å². The van der Waals surface area contributed by atoms with E-state index in [0.717, 1.165) is 27.1 Å². The highest BCUT2D eigenvalue weighted by molar-refractivity contribution is 9.10. The Kier molecular flexibility index (Phi) is 3.80. The van der Waals surface area contributed by atoms with Crippen molar-refractivity contribution in [1.82, 2.24) is 0 Å². The molecule has 0 fully saturated rings. The van der Waals surface area contributed by atoms with Crippen LogP contribution in [-0.2, 0) is 13.2 Å². The van der Waals surface area contributed by atoms with Crippen molar-refractivity contribution in [3.8, 4) is 17.2 Å². The molecule has 0 aliphatic carbocycles. The lowest BCUT2D eigenvalue weighted by molar-refractivity contribution is 0.173. The van der Waals surface area contributed by atoms with Crippen molar-refractivity contribution in [2.24, 2.45) is 5.73 Å². The minimum atomic E-state index is 0.243. The molecule has 0 atom stereocenters. The molecule has 104 valence electrons. The summed E-state index contributed by atoms with van der Waals surface area (Å²) in [6.45, 7) is 1.10. The van der Waals surface area contributed by atoms with Crippen LogP contribution in [0.1, 0.15) is 11.1 Å².